The average Bonchev–Trinajstić information content (AvgIpc) is 2.89. The van der Waals surface area contributed by atoms with Gasteiger partial charge in [0.25, 0.3) is 20.2 Å². The summed E-state index contributed by atoms with van der Waals surface area (Å²) in [7, 11) is -9.15. The summed E-state index contributed by atoms with van der Waals surface area (Å²) in [5.74, 6) is -1.46. The lowest BCUT2D eigenvalue weighted by atomic mass is 10.0. The Bertz CT molecular complexity index is 1720. The van der Waals surface area contributed by atoms with Gasteiger partial charge in [-0.1, -0.05) is 24.3 Å². The molecular formula is C26H20N2O9S2. The van der Waals surface area contributed by atoms with E-state index in [9.17, 15) is 35.5 Å². The first kappa shape index (κ1) is 27.5. The Balaban J connectivity index is 1.78. The van der Waals surface area contributed by atoms with Crippen LogP contribution in [0.25, 0.3) is 0 Å². The van der Waals surface area contributed by atoms with Crippen molar-refractivity contribution >= 4 is 43.2 Å². The van der Waals surface area contributed by atoms with Crippen LogP contribution in [0.3, 0.4) is 0 Å². The predicted molar refractivity (Wildman–Crippen MR) is 141 cm³/mol. The van der Waals surface area contributed by atoms with Crippen LogP contribution in [0.2, 0.25) is 0 Å². The van der Waals surface area contributed by atoms with E-state index in [0.717, 1.165) is 24.3 Å². The highest BCUT2D eigenvalue weighted by Gasteiger charge is 2.22. The van der Waals surface area contributed by atoms with Crippen LogP contribution in [-0.2, 0) is 20.2 Å². The van der Waals surface area contributed by atoms with Gasteiger partial charge in [0.2, 0.25) is 0 Å². The molecule has 6 N–H and O–H groups in total. The summed E-state index contributed by atoms with van der Waals surface area (Å²) < 4.78 is 70.8. The highest BCUT2D eigenvalue weighted by Crippen LogP contribution is 2.33. The molecule has 0 aliphatic carbocycles. The van der Waals surface area contributed by atoms with Gasteiger partial charge >= 0.3 is 0 Å². The van der Waals surface area contributed by atoms with Crippen molar-refractivity contribution in [3.05, 3.63) is 107 Å². The van der Waals surface area contributed by atoms with Gasteiger partial charge in [0.05, 0.1) is 20.9 Å². The first-order chi connectivity index (χ1) is 18.2. The highest BCUT2D eigenvalue weighted by molar-refractivity contribution is 7.86. The highest BCUT2D eigenvalue weighted by atomic mass is 32.2. The Morgan fingerprint density at radius 3 is 1.33 bits per heavy atom. The molecule has 200 valence electrons. The monoisotopic (exact) mass is 568 g/mol. The van der Waals surface area contributed by atoms with Gasteiger partial charge in [-0.05, 0) is 60.7 Å². The second-order valence-electron chi connectivity index (χ2n) is 8.28. The van der Waals surface area contributed by atoms with E-state index in [2.05, 4.69) is 0 Å². The third kappa shape index (κ3) is 6.13. The van der Waals surface area contributed by atoms with E-state index in [0.29, 0.717) is 0 Å². The third-order valence-corrected chi connectivity index (χ3v) is 7.20. The number of carbonyl (C=O) groups is 2. The molecule has 0 radical (unpaired) electrons. The number of nitrogen functional groups attached to an aromatic ring is 2. The lowest BCUT2D eigenvalue weighted by molar-refractivity contribution is 0.103. The molecule has 4 aromatic carbocycles. The van der Waals surface area contributed by atoms with Gasteiger partial charge < -0.3 is 16.2 Å². The van der Waals surface area contributed by atoms with Crippen molar-refractivity contribution in [3.8, 4) is 11.5 Å². The topological polar surface area (TPSA) is 204 Å². The van der Waals surface area contributed by atoms with Crippen LogP contribution in [0.4, 0.5) is 11.4 Å². The number of hydrogen-bond acceptors (Lipinski definition) is 9. The Morgan fingerprint density at radius 1 is 0.590 bits per heavy atom. The molecule has 0 heterocycles. The lowest BCUT2D eigenvalue weighted by Crippen LogP contribution is -2.09. The lowest BCUT2D eigenvalue weighted by Gasteiger charge is -2.15. The maximum absolute atomic E-state index is 13.3. The van der Waals surface area contributed by atoms with Gasteiger partial charge in [0.1, 0.15) is 11.5 Å². The predicted octanol–water partition coefficient (Wildman–Crippen LogP) is 3.60. The van der Waals surface area contributed by atoms with Gasteiger partial charge in [-0.2, -0.15) is 16.8 Å². The molecule has 0 atom stereocenters. The van der Waals surface area contributed by atoms with Crippen molar-refractivity contribution in [3.63, 3.8) is 0 Å². The minimum absolute atomic E-state index is 0.0445. The van der Waals surface area contributed by atoms with E-state index in [1.54, 1.807) is 0 Å². The maximum Gasteiger partial charge on any atom is 0.294 e. The summed E-state index contributed by atoms with van der Waals surface area (Å²) in [5.41, 5.74) is 11.8. The number of nitrogens with two attached hydrogens (primary N) is 2. The fourth-order valence-electron chi connectivity index (χ4n) is 3.65. The summed E-state index contributed by atoms with van der Waals surface area (Å²) in [6, 6.07) is 17.7. The quantitative estimate of drug-likeness (QED) is 0.137. The van der Waals surface area contributed by atoms with E-state index in [1.165, 1.54) is 60.7 Å². The number of carbonyl (C=O) groups excluding carboxylic acids is 2. The van der Waals surface area contributed by atoms with Crippen molar-refractivity contribution < 1.29 is 40.3 Å². The van der Waals surface area contributed by atoms with E-state index in [1.807, 2.05) is 0 Å². The van der Waals surface area contributed by atoms with Crippen molar-refractivity contribution in [2.45, 2.75) is 9.79 Å². The Morgan fingerprint density at radius 2 is 0.974 bits per heavy atom. The summed E-state index contributed by atoms with van der Waals surface area (Å²) in [5, 5.41) is 0. The van der Waals surface area contributed by atoms with E-state index in [-0.39, 0.29) is 45.1 Å². The maximum atomic E-state index is 13.3. The molecule has 0 spiro atoms. The van der Waals surface area contributed by atoms with Gasteiger partial charge in [-0.3, -0.25) is 18.7 Å². The van der Waals surface area contributed by atoms with Crippen LogP contribution in [0.1, 0.15) is 31.8 Å². The number of hydrogen-bond donors (Lipinski definition) is 4. The molecule has 0 aliphatic rings. The van der Waals surface area contributed by atoms with Gasteiger partial charge in [0.15, 0.2) is 11.6 Å². The minimum Gasteiger partial charge on any atom is -0.456 e. The number of ether oxygens (including phenoxy) is 1. The summed E-state index contributed by atoms with van der Waals surface area (Å²) in [6.45, 7) is 0. The molecule has 0 fully saturated rings. The van der Waals surface area contributed by atoms with Crippen molar-refractivity contribution in [1.82, 2.24) is 0 Å². The minimum atomic E-state index is -4.58. The molecule has 13 heteroatoms. The largest absolute Gasteiger partial charge is 0.456 e. The number of benzene rings is 4. The van der Waals surface area contributed by atoms with Crippen molar-refractivity contribution in [1.29, 1.82) is 0 Å². The Kier molecular flexibility index (Phi) is 7.26. The molecule has 4 aromatic rings. The molecule has 0 aromatic heterocycles. The Labute approximate surface area is 223 Å². The van der Waals surface area contributed by atoms with Crippen LogP contribution in [0, 0.1) is 0 Å². The van der Waals surface area contributed by atoms with Crippen LogP contribution in [0.5, 0.6) is 11.5 Å². The molecule has 0 saturated carbocycles. The van der Waals surface area contributed by atoms with Crippen LogP contribution >= 0.6 is 0 Å². The Hall–Kier alpha value is -4.56. The zero-order chi connectivity index (χ0) is 28.5. The number of anilines is 2. The first-order valence-corrected chi connectivity index (χ1v) is 13.8. The molecular weight excluding hydrogens is 548 g/mol. The fraction of sp³-hybridized carbons (Fsp3) is 0. The first-order valence-electron chi connectivity index (χ1n) is 11.0. The molecule has 0 amide bonds. The summed E-state index contributed by atoms with van der Waals surface area (Å²) in [6.07, 6.45) is 0. The second kappa shape index (κ2) is 10.3. The standard InChI is InChI=1S/C26H20N2O9S2/c27-17-7-9-23(21(13-17)25(29)15-3-1-5-19(11-15)38(31,32)33)37-24-10-8-18(28)14-22(24)26(30)16-4-2-6-20(12-16)39(34,35)36/h1-14H,27-28H2,(H,31,32,33)(H,34,35,36). The van der Waals surface area contributed by atoms with Crippen LogP contribution < -0.4 is 16.2 Å². The molecule has 0 aliphatic heterocycles. The summed E-state index contributed by atoms with van der Waals surface area (Å²) >= 11 is 0. The van der Waals surface area contributed by atoms with E-state index in [4.69, 9.17) is 16.2 Å². The van der Waals surface area contributed by atoms with Crippen LogP contribution in [-0.4, -0.2) is 37.5 Å². The molecule has 0 saturated heterocycles. The normalized spacial score (nSPS) is 11.6. The SMILES string of the molecule is Nc1ccc(Oc2ccc(N)cc2C(=O)c2cccc(S(=O)(=O)O)c2)c(C(=O)c2cccc(S(=O)(=O)O)c2)c1. The zero-order valence-electron chi connectivity index (χ0n) is 19.8. The summed E-state index contributed by atoms with van der Waals surface area (Å²) in [4.78, 5) is 25.7. The average molecular weight is 569 g/mol. The molecule has 11 nitrogen and oxygen atoms in total. The van der Waals surface area contributed by atoms with Crippen molar-refractivity contribution in [2.24, 2.45) is 0 Å². The van der Waals surface area contributed by atoms with E-state index < -0.39 is 41.6 Å². The van der Waals surface area contributed by atoms with Gasteiger partial charge in [0, 0.05) is 22.5 Å². The number of ketones is 2. The van der Waals surface area contributed by atoms with Crippen LogP contribution in [0.15, 0.2) is 94.7 Å². The number of rotatable bonds is 8. The molecule has 0 bridgehead atoms. The zero-order valence-corrected chi connectivity index (χ0v) is 21.4. The van der Waals surface area contributed by atoms with E-state index >= 15 is 0 Å². The van der Waals surface area contributed by atoms with Gasteiger partial charge in [-0.25, -0.2) is 0 Å². The third-order valence-electron chi connectivity index (χ3n) is 5.50. The smallest absolute Gasteiger partial charge is 0.294 e. The molecule has 0 unspecified atom stereocenters. The second-order valence-corrected chi connectivity index (χ2v) is 11.1. The van der Waals surface area contributed by atoms with Crippen molar-refractivity contribution in [2.75, 3.05) is 11.5 Å². The van der Waals surface area contributed by atoms with Gasteiger partial charge in [-0.15, -0.1) is 0 Å². The fourth-order valence-corrected chi connectivity index (χ4v) is 4.71. The molecule has 39 heavy (non-hydrogen) atoms. The molecule has 4 rings (SSSR count).